The number of carbonyl (C=O) groups is 1. The lowest BCUT2D eigenvalue weighted by Gasteiger charge is -2.28. The van der Waals surface area contributed by atoms with E-state index in [-0.39, 0.29) is 18.1 Å². The summed E-state index contributed by atoms with van der Waals surface area (Å²) < 4.78 is 5.79. The minimum Gasteiger partial charge on any atom is -0.460 e. The van der Waals surface area contributed by atoms with Crippen molar-refractivity contribution in [3.63, 3.8) is 0 Å². The summed E-state index contributed by atoms with van der Waals surface area (Å²) in [6.07, 6.45) is 9.70. The second-order valence-electron chi connectivity index (χ2n) is 6.51. The molecule has 27 heavy (non-hydrogen) atoms. The second kappa shape index (κ2) is 7.84. The number of nitrogens with one attached hydrogen (secondary N) is 1. The van der Waals surface area contributed by atoms with Gasteiger partial charge in [-0.15, -0.1) is 0 Å². The van der Waals surface area contributed by atoms with Crippen molar-refractivity contribution >= 4 is 28.5 Å². The van der Waals surface area contributed by atoms with E-state index >= 15 is 0 Å². The molecule has 3 aromatic rings. The van der Waals surface area contributed by atoms with Crippen LogP contribution in [0.4, 0.5) is 0 Å². The second-order valence-corrected chi connectivity index (χ2v) is 6.95. The molecule has 1 aliphatic carbocycles. The molecule has 0 radical (unpaired) electrons. The maximum atomic E-state index is 12.5. The van der Waals surface area contributed by atoms with Gasteiger partial charge in [0.2, 0.25) is 0 Å². The molecule has 2 aromatic heterocycles. The van der Waals surface area contributed by atoms with Crippen LogP contribution in [0.25, 0.3) is 11.0 Å². The smallest absolute Gasteiger partial charge is 0.316 e. The van der Waals surface area contributed by atoms with Crippen molar-refractivity contribution < 1.29 is 9.53 Å². The van der Waals surface area contributed by atoms with E-state index in [1.165, 1.54) is 12.4 Å². The molecular formula is C19H18ClN5O2. The molecule has 0 saturated heterocycles. The number of aromatic nitrogens is 4. The monoisotopic (exact) mass is 383 g/mol. The van der Waals surface area contributed by atoms with Crippen molar-refractivity contribution in [1.82, 2.24) is 25.3 Å². The maximum Gasteiger partial charge on any atom is 0.316 e. The third-order valence-electron chi connectivity index (χ3n) is 4.61. The Hall–Kier alpha value is -2.80. The highest BCUT2D eigenvalue weighted by molar-refractivity contribution is 6.30. The zero-order valence-electron chi connectivity index (χ0n) is 14.5. The van der Waals surface area contributed by atoms with Crippen LogP contribution in [0.1, 0.15) is 36.0 Å². The molecule has 4 rings (SSSR count). The Bertz CT molecular complexity index is 942. The van der Waals surface area contributed by atoms with Gasteiger partial charge in [-0.3, -0.25) is 14.8 Å². The first-order valence-corrected chi connectivity index (χ1v) is 9.21. The van der Waals surface area contributed by atoms with Crippen LogP contribution in [0.15, 0.2) is 43.0 Å². The third-order valence-corrected chi connectivity index (χ3v) is 4.80. The van der Waals surface area contributed by atoms with Gasteiger partial charge in [0.25, 0.3) is 5.91 Å². The summed E-state index contributed by atoms with van der Waals surface area (Å²) in [5.74, 6) is -0.0899. The quantitative estimate of drug-likeness (QED) is 0.744. The van der Waals surface area contributed by atoms with Crippen molar-refractivity contribution in [3.8, 4) is 6.01 Å². The molecule has 8 heteroatoms. The van der Waals surface area contributed by atoms with Crippen molar-refractivity contribution in [2.24, 2.45) is 0 Å². The van der Waals surface area contributed by atoms with Crippen LogP contribution in [0.3, 0.4) is 0 Å². The topological polar surface area (TPSA) is 89.9 Å². The van der Waals surface area contributed by atoms with Crippen molar-refractivity contribution in [3.05, 3.63) is 53.6 Å². The molecule has 0 spiro atoms. The van der Waals surface area contributed by atoms with Crippen LogP contribution in [-0.4, -0.2) is 38.0 Å². The first-order valence-electron chi connectivity index (χ1n) is 8.83. The lowest BCUT2D eigenvalue weighted by molar-refractivity contribution is 0.0885. The Morgan fingerprint density at radius 3 is 2.44 bits per heavy atom. The van der Waals surface area contributed by atoms with Gasteiger partial charge < -0.3 is 10.1 Å². The minimum absolute atomic E-state index is 0.0512. The van der Waals surface area contributed by atoms with Crippen molar-refractivity contribution in [2.75, 3.05) is 0 Å². The molecule has 1 aromatic carbocycles. The van der Waals surface area contributed by atoms with Gasteiger partial charge in [-0.1, -0.05) is 11.6 Å². The number of hydrogen-bond acceptors (Lipinski definition) is 6. The summed E-state index contributed by atoms with van der Waals surface area (Å²) in [5.41, 5.74) is 2.08. The molecule has 0 unspecified atom stereocenters. The maximum absolute atomic E-state index is 12.5. The number of carbonyl (C=O) groups excluding carboxylic acids is 1. The van der Waals surface area contributed by atoms with Gasteiger partial charge in [-0.2, -0.15) is 0 Å². The fourth-order valence-corrected chi connectivity index (χ4v) is 3.31. The molecular weight excluding hydrogens is 366 g/mol. The Kier molecular flexibility index (Phi) is 5.11. The lowest BCUT2D eigenvalue weighted by Crippen LogP contribution is -2.39. The van der Waals surface area contributed by atoms with Gasteiger partial charge in [0.1, 0.15) is 6.10 Å². The fraction of sp³-hybridized carbons (Fsp3) is 0.316. The summed E-state index contributed by atoms with van der Waals surface area (Å²) in [7, 11) is 0. The van der Waals surface area contributed by atoms with Gasteiger partial charge in [0, 0.05) is 24.0 Å². The molecule has 0 atom stereocenters. The van der Waals surface area contributed by atoms with E-state index in [4.69, 9.17) is 16.3 Å². The van der Waals surface area contributed by atoms with E-state index in [0.29, 0.717) is 22.1 Å². The van der Waals surface area contributed by atoms with E-state index in [0.717, 1.165) is 31.2 Å². The standard InChI is InChI=1S/C19H18ClN5O2/c20-13-10-23-19(24-11-13)27-15-4-2-14(3-5-15)25-18(26)12-1-6-16-17(9-12)22-8-7-21-16/h1,6-11,14-15H,2-5H2,(H,25,26). The third kappa shape index (κ3) is 4.31. The first-order chi connectivity index (χ1) is 13.2. The van der Waals surface area contributed by atoms with Crippen LogP contribution in [0.2, 0.25) is 5.02 Å². The molecule has 1 fully saturated rings. The predicted octanol–water partition coefficient (Wildman–Crippen LogP) is 3.19. The molecule has 0 aliphatic heterocycles. The molecule has 7 nitrogen and oxygen atoms in total. The summed E-state index contributed by atoms with van der Waals surface area (Å²) in [6.45, 7) is 0. The number of rotatable bonds is 4. The normalized spacial score (nSPS) is 19.6. The number of amides is 1. The lowest BCUT2D eigenvalue weighted by atomic mass is 9.92. The molecule has 1 amide bonds. The molecule has 1 saturated carbocycles. The van der Waals surface area contributed by atoms with Gasteiger partial charge in [0.05, 0.1) is 28.4 Å². The Labute approximate surface area is 161 Å². The highest BCUT2D eigenvalue weighted by Crippen LogP contribution is 2.23. The van der Waals surface area contributed by atoms with Gasteiger partial charge in [-0.25, -0.2) is 9.97 Å². The Morgan fingerprint density at radius 1 is 1.00 bits per heavy atom. The van der Waals surface area contributed by atoms with E-state index in [1.807, 2.05) is 6.07 Å². The van der Waals surface area contributed by atoms with E-state index in [2.05, 4.69) is 25.3 Å². The van der Waals surface area contributed by atoms with Crippen LogP contribution in [-0.2, 0) is 0 Å². The molecule has 0 bridgehead atoms. The molecule has 1 aliphatic rings. The predicted molar refractivity (Wildman–Crippen MR) is 101 cm³/mol. The Morgan fingerprint density at radius 2 is 1.70 bits per heavy atom. The minimum atomic E-state index is -0.0899. The number of benzene rings is 1. The van der Waals surface area contributed by atoms with Crippen LogP contribution in [0.5, 0.6) is 6.01 Å². The Balaban J connectivity index is 1.31. The SMILES string of the molecule is O=C(NC1CCC(Oc2ncc(Cl)cn2)CC1)c1ccc2nccnc2c1. The van der Waals surface area contributed by atoms with Gasteiger partial charge >= 0.3 is 6.01 Å². The summed E-state index contributed by atoms with van der Waals surface area (Å²) in [5, 5.41) is 3.58. The van der Waals surface area contributed by atoms with Crippen LogP contribution < -0.4 is 10.1 Å². The van der Waals surface area contributed by atoms with E-state index < -0.39 is 0 Å². The molecule has 138 valence electrons. The van der Waals surface area contributed by atoms with Crippen LogP contribution >= 0.6 is 11.6 Å². The number of hydrogen-bond donors (Lipinski definition) is 1. The zero-order valence-corrected chi connectivity index (χ0v) is 15.3. The van der Waals surface area contributed by atoms with E-state index in [9.17, 15) is 4.79 Å². The molecule has 2 heterocycles. The molecule has 1 N–H and O–H groups in total. The summed E-state index contributed by atoms with van der Waals surface area (Å²) in [6, 6.07) is 5.82. The van der Waals surface area contributed by atoms with Gasteiger partial charge in [-0.05, 0) is 43.9 Å². The van der Waals surface area contributed by atoms with Crippen molar-refractivity contribution in [1.29, 1.82) is 0 Å². The summed E-state index contributed by atoms with van der Waals surface area (Å²) in [4.78, 5) is 29.1. The first kappa shape index (κ1) is 17.6. The van der Waals surface area contributed by atoms with E-state index in [1.54, 1.807) is 24.5 Å². The largest absolute Gasteiger partial charge is 0.460 e. The van der Waals surface area contributed by atoms with Gasteiger partial charge in [0.15, 0.2) is 0 Å². The average Bonchev–Trinajstić information content (AvgIpc) is 2.71. The number of nitrogens with zero attached hydrogens (tertiary/aromatic N) is 4. The van der Waals surface area contributed by atoms with Crippen molar-refractivity contribution in [2.45, 2.75) is 37.8 Å². The fourth-order valence-electron chi connectivity index (χ4n) is 3.21. The number of fused-ring (bicyclic) bond motifs is 1. The van der Waals surface area contributed by atoms with Crippen LogP contribution in [0, 0.1) is 0 Å². The average molecular weight is 384 g/mol. The zero-order chi connectivity index (χ0) is 18.6. The highest BCUT2D eigenvalue weighted by atomic mass is 35.5. The highest BCUT2D eigenvalue weighted by Gasteiger charge is 2.24. The number of halogens is 1. The number of ether oxygens (including phenoxy) is 1. The summed E-state index contributed by atoms with van der Waals surface area (Å²) >= 11 is 5.78.